The molecule has 0 radical (unpaired) electrons. The summed E-state index contributed by atoms with van der Waals surface area (Å²) < 4.78 is 0. The second-order valence-electron chi connectivity index (χ2n) is 3.72. The molecule has 2 rings (SSSR count). The molecule has 0 aromatic rings. The molecule has 0 bridgehead atoms. The molecule has 2 amide bonds. The molecule has 1 heterocycles. The molecule has 1 saturated heterocycles. The highest BCUT2D eigenvalue weighted by atomic mass is 16.2. The summed E-state index contributed by atoms with van der Waals surface area (Å²) in [5.41, 5.74) is 5.54. The van der Waals surface area contributed by atoms with E-state index in [2.05, 4.69) is 10.6 Å². The Morgan fingerprint density at radius 2 is 2.31 bits per heavy atom. The second-order valence-corrected chi connectivity index (χ2v) is 3.72. The molecule has 1 aliphatic carbocycles. The van der Waals surface area contributed by atoms with Gasteiger partial charge in [0.05, 0.1) is 5.92 Å². The summed E-state index contributed by atoms with van der Waals surface area (Å²) in [6, 6.07) is 0.261. The summed E-state index contributed by atoms with van der Waals surface area (Å²) in [4.78, 5) is 22.2. The van der Waals surface area contributed by atoms with Crippen molar-refractivity contribution in [3.63, 3.8) is 0 Å². The van der Waals surface area contributed by atoms with E-state index in [-0.39, 0.29) is 29.8 Å². The van der Waals surface area contributed by atoms with Crippen LogP contribution in [0.4, 0.5) is 0 Å². The van der Waals surface area contributed by atoms with Gasteiger partial charge in [-0.25, -0.2) is 0 Å². The van der Waals surface area contributed by atoms with Crippen LogP contribution >= 0.6 is 0 Å². The van der Waals surface area contributed by atoms with Gasteiger partial charge in [-0.2, -0.15) is 0 Å². The number of nitrogens with two attached hydrogens (primary N) is 1. The van der Waals surface area contributed by atoms with Crippen LogP contribution in [0.5, 0.6) is 0 Å². The Morgan fingerprint density at radius 3 is 2.77 bits per heavy atom. The van der Waals surface area contributed by atoms with Gasteiger partial charge in [0.1, 0.15) is 0 Å². The lowest BCUT2D eigenvalue weighted by atomic mass is 10.1. The van der Waals surface area contributed by atoms with E-state index < -0.39 is 0 Å². The molecule has 0 aromatic heterocycles. The fourth-order valence-corrected chi connectivity index (χ4v) is 1.47. The highest BCUT2D eigenvalue weighted by Gasteiger charge is 2.37. The van der Waals surface area contributed by atoms with E-state index in [1.165, 1.54) is 0 Å². The maximum absolute atomic E-state index is 11.4. The largest absolute Gasteiger partial charge is 0.355 e. The average Bonchev–Trinajstić information content (AvgIpc) is 2.62. The van der Waals surface area contributed by atoms with E-state index in [0.29, 0.717) is 13.0 Å². The molecule has 1 saturated carbocycles. The Hall–Kier alpha value is -1.10. The first-order chi connectivity index (χ1) is 6.16. The number of carbonyl (C=O) groups excluding carboxylic acids is 2. The molecular weight excluding hydrogens is 170 g/mol. The summed E-state index contributed by atoms with van der Waals surface area (Å²) in [5.74, 6) is -0.281. The lowest BCUT2D eigenvalue weighted by molar-refractivity contribution is -0.126. The molecule has 0 aromatic carbocycles. The van der Waals surface area contributed by atoms with Gasteiger partial charge in [0.2, 0.25) is 11.8 Å². The van der Waals surface area contributed by atoms with E-state index in [1.54, 1.807) is 0 Å². The molecule has 13 heavy (non-hydrogen) atoms. The van der Waals surface area contributed by atoms with Crippen LogP contribution in [0, 0.1) is 5.92 Å². The number of hydrogen-bond donors (Lipinski definition) is 3. The zero-order chi connectivity index (χ0) is 9.42. The number of nitrogens with one attached hydrogen (secondary N) is 2. The van der Waals surface area contributed by atoms with Crippen molar-refractivity contribution >= 4 is 11.8 Å². The minimum atomic E-state index is -0.194. The van der Waals surface area contributed by atoms with E-state index in [9.17, 15) is 9.59 Å². The first kappa shape index (κ1) is 8.50. The Bertz CT molecular complexity index is 254. The van der Waals surface area contributed by atoms with Gasteiger partial charge in [-0.05, 0) is 6.42 Å². The van der Waals surface area contributed by atoms with Crippen LogP contribution in [0.25, 0.3) is 0 Å². The van der Waals surface area contributed by atoms with Gasteiger partial charge in [0.25, 0.3) is 0 Å². The number of hydrogen-bond acceptors (Lipinski definition) is 3. The van der Waals surface area contributed by atoms with Crippen LogP contribution in [-0.4, -0.2) is 30.4 Å². The third kappa shape index (κ3) is 1.80. The van der Waals surface area contributed by atoms with Crippen molar-refractivity contribution in [3.8, 4) is 0 Å². The summed E-state index contributed by atoms with van der Waals surface area (Å²) >= 11 is 0. The number of carbonyl (C=O) groups is 2. The smallest absolute Gasteiger partial charge is 0.225 e. The summed E-state index contributed by atoms with van der Waals surface area (Å²) in [6.45, 7) is 0.465. The third-order valence-corrected chi connectivity index (χ3v) is 2.52. The van der Waals surface area contributed by atoms with Crippen LogP contribution < -0.4 is 16.4 Å². The lowest BCUT2D eigenvalue weighted by Gasteiger charge is -2.07. The number of rotatable bonds is 2. The summed E-state index contributed by atoms with van der Waals surface area (Å²) in [5, 5.41) is 5.43. The van der Waals surface area contributed by atoms with Crippen LogP contribution in [0.2, 0.25) is 0 Å². The molecule has 2 aliphatic rings. The second kappa shape index (κ2) is 2.99. The molecule has 3 atom stereocenters. The van der Waals surface area contributed by atoms with Crippen molar-refractivity contribution in [2.24, 2.45) is 11.7 Å². The van der Waals surface area contributed by atoms with Gasteiger partial charge in [-0.1, -0.05) is 0 Å². The predicted molar refractivity (Wildman–Crippen MR) is 45.6 cm³/mol. The van der Waals surface area contributed by atoms with Gasteiger partial charge in [-0.15, -0.1) is 0 Å². The molecule has 3 unspecified atom stereocenters. The molecule has 2 fully saturated rings. The summed E-state index contributed by atoms with van der Waals surface area (Å²) in [6.07, 6.45) is 1.17. The normalized spacial score (nSPS) is 37.0. The standard InChI is InChI=1S/C8H13N3O2/c9-5-2-6(5)11-8(13)4-1-7(12)10-3-4/h4-6H,1-3,9H2,(H,10,12)(H,11,13). The Morgan fingerprint density at radius 1 is 1.62 bits per heavy atom. The molecule has 5 heteroatoms. The first-order valence-electron chi connectivity index (χ1n) is 4.49. The minimum absolute atomic E-state index is 0.0414. The van der Waals surface area contributed by atoms with Gasteiger partial charge >= 0.3 is 0 Å². The highest BCUT2D eigenvalue weighted by Crippen LogP contribution is 2.19. The Labute approximate surface area is 76.0 Å². The van der Waals surface area contributed by atoms with Gasteiger partial charge in [0, 0.05) is 25.0 Å². The zero-order valence-electron chi connectivity index (χ0n) is 7.25. The predicted octanol–water partition coefficient (Wildman–Crippen LogP) is -1.66. The van der Waals surface area contributed by atoms with Gasteiger partial charge < -0.3 is 16.4 Å². The van der Waals surface area contributed by atoms with Crippen molar-refractivity contribution in [2.45, 2.75) is 24.9 Å². The van der Waals surface area contributed by atoms with Crippen molar-refractivity contribution < 1.29 is 9.59 Å². The van der Waals surface area contributed by atoms with Crippen LogP contribution in [0.15, 0.2) is 0 Å². The Balaban J connectivity index is 1.80. The van der Waals surface area contributed by atoms with Crippen molar-refractivity contribution in [1.82, 2.24) is 10.6 Å². The molecule has 5 nitrogen and oxygen atoms in total. The fraction of sp³-hybridized carbons (Fsp3) is 0.750. The van der Waals surface area contributed by atoms with E-state index in [4.69, 9.17) is 5.73 Å². The molecule has 1 aliphatic heterocycles. The van der Waals surface area contributed by atoms with Crippen molar-refractivity contribution in [3.05, 3.63) is 0 Å². The van der Waals surface area contributed by atoms with Crippen LogP contribution in [0.1, 0.15) is 12.8 Å². The third-order valence-electron chi connectivity index (χ3n) is 2.52. The maximum Gasteiger partial charge on any atom is 0.225 e. The van der Waals surface area contributed by atoms with Gasteiger partial charge in [-0.3, -0.25) is 9.59 Å². The van der Waals surface area contributed by atoms with Crippen LogP contribution in [-0.2, 0) is 9.59 Å². The average molecular weight is 183 g/mol. The molecule has 4 N–H and O–H groups in total. The molecule has 0 spiro atoms. The Kier molecular flexibility index (Phi) is 1.95. The van der Waals surface area contributed by atoms with Crippen LogP contribution in [0.3, 0.4) is 0 Å². The molecule has 72 valence electrons. The van der Waals surface area contributed by atoms with E-state index >= 15 is 0 Å². The minimum Gasteiger partial charge on any atom is -0.355 e. The SMILES string of the molecule is NC1CC1NC(=O)C1CNC(=O)C1. The fourth-order valence-electron chi connectivity index (χ4n) is 1.47. The lowest BCUT2D eigenvalue weighted by Crippen LogP contribution is -2.35. The van der Waals surface area contributed by atoms with Gasteiger partial charge in [0.15, 0.2) is 0 Å². The number of amides is 2. The van der Waals surface area contributed by atoms with E-state index in [1.807, 2.05) is 0 Å². The zero-order valence-corrected chi connectivity index (χ0v) is 7.25. The monoisotopic (exact) mass is 183 g/mol. The molecular formula is C8H13N3O2. The van der Waals surface area contributed by atoms with Crippen molar-refractivity contribution in [1.29, 1.82) is 0 Å². The quantitative estimate of drug-likeness (QED) is 0.479. The maximum atomic E-state index is 11.4. The van der Waals surface area contributed by atoms with E-state index in [0.717, 1.165) is 6.42 Å². The first-order valence-corrected chi connectivity index (χ1v) is 4.49. The highest BCUT2D eigenvalue weighted by molar-refractivity contribution is 5.89. The topological polar surface area (TPSA) is 84.2 Å². The van der Waals surface area contributed by atoms with Crippen molar-refractivity contribution in [2.75, 3.05) is 6.54 Å². The summed E-state index contributed by atoms with van der Waals surface area (Å²) in [7, 11) is 0.